The Labute approximate surface area is 140 Å². The molecule has 0 aromatic carbocycles. The van der Waals surface area contributed by atoms with Gasteiger partial charge >= 0.3 is 0 Å². The first-order chi connectivity index (χ1) is 10.9. The second-order valence-electron chi connectivity index (χ2n) is 5.55. The summed E-state index contributed by atoms with van der Waals surface area (Å²) < 4.78 is 5.28. The first-order valence-corrected chi connectivity index (χ1v) is 8.45. The zero-order valence-electron chi connectivity index (χ0n) is 14.0. The maximum absolute atomic E-state index is 10.5. The molecule has 23 heavy (non-hydrogen) atoms. The number of nitrogens with one attached hydrogen (secondary N) is 2. The molecular formula is C16H24N4O2S. The number of thiazole rings is 1. The van der Waals surface area contributed by atoms with Crippen molar-refractivity contribution in [3.63, 3.8) is 0 Å². The van der Waals surface area contributed by atoms with E-state index in [1.165, 1.54) is 4.88 Å². The van der Waals surface area contributed by atoms with Crippen molar-refractivity contribution in [2.24, 2.45) is 4.99 Å². The predicted molar refractivity (Wildman–Crippen MR) is 92.7 cm³/mol. The fraction of sp³-hybridized carbons (Fsp3) is 0.500. The van der Waals surface area contributed by atoms with Gasteiger partial charge in [0.15, 0.2) is 5.96 Å². The van der Waals surface area contributed by atoms with Gasteiger partial charge in [-0.05, 0) is 39.8 Å². The highest BCUT2D eigenvalue weighted by Crippen LogP contribution is 2.20. The number of rotatable bonds is 6. The molecule has 3 N–H and O–H groups in total. The molecule has 6 nitrogen and oxygen atoms in total. The molecule has 1 unspecified atom stereocenters. The lowest BCUT2D eigenvalue weighted by molar-refractivity contribution is 0.0386. The van der Waals surface area contributed by atoms with E-state index in [1.807, 2.05) is 13.8 Å². The number of hydrogen-bond donors (Lipinski definition) is 3. The first kappa shape index (κ1) is 17.5. The van der Waals surface area contributed by atoms with Crippen LogP contribution >= 0.6 is 11.3 Å². The monoisotopic (exact) mass is 336 g/mol. The Morgan fingerprint density at radius 3 is 2.78 bits per heavy atom. The molecule has 0 saturated heterocycles. The second-order valence-corrected chi connectivity index (χ2v) is 6.84. The second kappa shape index (κ2) is 7.61. The summed E-state index contributed by atoms with van der Waals surface area (Å²) >= 11 is 1.66. The molecule has 0 aliphatic heterocycles. The van der Waals surface area contributed by atoms with E-state index in [-0.39, 0.29) is 0 Å². The minimum absolute atomic E-state index is 0.294. The quantitative estimate of drug-likeness (QED) is 0.557. The van der Waals surface area contributed by atoms with E-state index in [9.17, 15) is 5.11 Å². The first-order valence-electron chi connectivity index (χ1n) is 7.64. The molecule has 0 bridgehead atoms. The molecule has 0 radical (unpaired) electrons. The van der Waals surface area contributed by atoms with Crippen molar-refractivity contribution in [2.75, 3.05) is 13.1 Å². The van der Waals surface area contributed by atoms with Crippen LogP contribution in [0.25, 0.3) is 0 Å². The molecule has 2 aromatic heterocycles. The Bertz CT molecular complexity index is 628. The normalized spacial score (nSPS) is 14.6. The largest absolute Gasteiger partial charge is 0.466 e. The maximum atomic E-state index is 10.5. The Morgan fingerprint density at radius 2 is 2.22 bits per heavy atom. The summed E-state index contributed by atoms with van der Waals surface area (Å²) in [6.07, 6.45) is 1.55. The van der Waals surface area contributed by atoms with E-state index in [0.717, 1.165) is 17.2 Å². The smallest absolute Gasteiger partial charge is 0.191 e. The van der Waals surface area contributed by atoms with E-state index in [1.54, 1.807) is 36.7 Å². The third-order valence-corrected chi connectivity index (χ3v) is 4.50. The molecule has 2 rings (SSSR count). The van der Waals surface area contributed by atoms with Gasteiger partial charge in [-0.3, -0.25) is 0 Å². The molecule has 0 fully saturated rings. The van der Waals surface area contributed by atoms with Crippen molar-refractivity contribution in [1.29, 1.82) is 0 Å². The molecule has 2 heterocycles. The number of aliphatic hydroxyl groups is 1. The SMILES string of the molecule is CCNC(=NCc1nc(C)c(C)s1)NCC(C)(O)c1ccco1. The Morgan fingerprint density at radius 1 is 1.43 bits per heavy atom. The molecule has 0 aliphatic carbocycles. The van der Waals surface area contributed by atoms with Gasteiger partial charge < -0.3 is 20.2 Å². The van der Waals surface area contributed by atoms with Crippen molar-refractivity contribution in [3.05, 3.63) is 39.7 Å². The fourth-order valence-corrected chi connectivity index (χ4v) is 2.88. The average molecular weight is 336 g/mol. The number of aliphatic imine (C=N–C) groups is 1. The fourth-order valence-electron chi connectivity index (χ4n) is 2.02. The molecule has 0 aliphatic rings. The molecule has 2 aromatic rings. The molecular weight excluding hydrogens is 312 g/mol. The Hall–Kier alpha value is -1.86. The van der Waals surface area contributed by atoms with Gasteiger partial charge in [0.25, 0.3) is 0 Å². The van der Waals surface area contributed by atoms with Gasteiger partial charge in [-0.2, -0.15) is 0 Å². The summed E-state index contributed by atoms with van der Waals surface area (Å²) in [5, 5.41) is 17.8. The number of aryl methyl sites for hydroxylation is 2. The molecule has 126 valence electrons. The van der Waals surface area contributed by atoms with Gasteiger partial charge in [0.2, 0.25) is 0 Å². The van der Waals surface area contributed by atoms with Crippen molar-refractivity contribution in [2.45, 2.75) is 39.8 Å². The molecule has 0 saturated carbocycles. The Kier molecular flexibility index (Phi) is 5.79. The van der Waals surface area contributed by atoms with Crippen LogP contribution in [0.4, 0.5) is 0 Å². The average Bonchev–Trinajstić information content (AvgIpc) is 3.13. The number of aromatic nitrogens is 1. The van der Waals surface area contributed by atoms with E-state index < -0.39 is 5.60 Å². The van der Waals surface area contributed by atoms with E-state index in [0.29, 0.717) is 24.8 Å². The van der Waals surface area contributed by atoms with E-state index in [2.05, 4.69) is 27.5 Å². The number of hydrogen-bond acceptors (Lipinski definition) is 5. The maximum Gasteiger partial charge on any atom is 0.191 e. The van der Waals surface area contributed by atoms with Gasteiger partial charge in [-0.1, -0.05) is 0 Å². The van der Waals surface area contributed by atoms with Crippen molar-refractivity contribution in [3.8, 4) is 0 Å². The highest BCUT2D eigenvalue weighted by atomic mass is 32.1. The zero-order valence-corrected chi connectivity index (χ0v) is 14.8. The lowest BCUT2D eigenvalue weighted by atomic mass is 10.0. The van der Waals surface area contributed by atoms with Gasteiger partial charge in [-0.25, -0.2) is 9.98 Å². The van der Waals surface area contributed by atoms with Crippen molar-refractivity contribution >= 4 is 17.3 Å². The standard InChI is InChI=1S/C16H24N4O2S/c1-5-17-15(18-9-14-20-11(2)12(3)23-14)19-10-16(4,21)13-7-6-8-22-13/h6-8,21H,5,9-10H2,1-4H3,(H2,17,18,19). The van der Waals surface area contributed by atoms with Crippen LogP contribution in [0, 0.1) is 13.8 Å². The minimum Gasteiger partial charge on any atom is -0.466 e. The van der Waals surface area contributed by atoms with Crippen LogP contribution in [-0.4, -0.2) is 29.1 Å². The number of furan rings is 1. The molecule has 1 atom stereocenters. The van der Waals surface area contributed by atoms with Crippen LogP contribution in [0.3, 0.4) is 0 Å². The van der Waals surface area contributed by atoms with E-state index in [4.69, 9.17) is 4.42 Å². The van der Waals surface area contributed by atoms with Gasteiger partial charge in [0.1, 0.15) is 16.4 Å². The van der Waals surface area contributed by atoms with Crippen LogP contribution in [0.1, 0.15) is 35.2 Å². The summed E-state index contributed by atoms with van der Waals surface area (Å²) in [5.41, 5.74) is -0.0486. The summed E-state index contributed by atoms with van der Waals surface area (Å²) in [5.74, 6) is 1.16. The molecule has 0 spiro atoms. The van der Waals surface area contributed by atoms with Gasteiger partial charge in [0.05, 0.1) is 25.0 Å². The summed E-state index contributed by atoms with van der Waals surface area (Å²) in [7, 11) is 0. The summed E-state index contributed by atoms with van der Waals surface area (Å²) in [6, 6.07) is 3.52. The van der Waals surface area contributed by atoms with Gasteiger partial charge in [0, 0.05) is 11.4 Å². The number of nitrogens with zero attached hydrogens (tertiary/aromatic N) is 2. The summed E-state index contributed by atoms with van der Waals surface area (Å²) in [6.45, 7) is 9.31. The van der Waals surface area contributed by atoms with Gasteiger partial charge in [-0.15, -0.1) is 11.3 Å². The minimum atomic E-state index is -1.10. The van der Waals surface area contributed by atoms with Crippen LogP contribution in [0.2, 0.25) is 0 Å². The van der Waals surface area contributed by atoms with Crippen molar-refractivity contribution < 1.29 is 9.52 Å². The van der Waals surface area contributed by atoms with Crippen molar-refractivity contribution in [1.82, 2.24) is 15.6 Å². The lowest BCUT2D eigenvalue weighted by Gasteiger charge is -2.22. The zero-order chi connectivity index (χ0) is 16.9. The molecule has 7 heteroatoms. The van der Waals surface area contributed by atoms with Crippen LogP contribution in [0.15, 0.2) is 27.8 Å². The topological polar surface area (TPSA) is 82.7 Å². The summed E-state index contributed by atoms with van der Waals surface area (Å²) in [4.78, 5) is 10.2. The highest BCUT2D eigenvalue weighted by Gasteiger charge is 2.26. The third-order valence-electron chi connectivity index (χ3n) is 3.44. The van der Waals surface area contributed by atoms with Crippen LogP contribution in [0.5, 0.6) is 0 Å². The van der Waals surface area contributed by atoms with E-state index >= 15 is 0 Å². The Balaban J connectivity index is 1.99. The predicted octanol–water partition coefficient (Wildman–Crippen LogP) is 2.32. The number of guanidine groups is 1. The third kappa shape index (κ3) is 4.80. The highest BCUT2D eigenvalue weighted by molar-refractivity contribution is 7.11. The lowest BCUT2D eigenvalue weighted by Crippen LogP contribution is -2.44. The van der Waals surface area contributed by atoms with Crippen LogP contribution in [-0.2, 0) is 12.1 Å². The van der Waals surface area contributed by atoms with Crippen LogP contribution < -0.4 is 10.6 Å². The molecule has 0 amide bonds.